The third-order valence-electron chi connectivity index (χ3n) is 2.90. The van der Waals surface area contributed by atoms with Crippen LogP contribution in [0.25, 0.3) is 0 Å². The molecule has 6 heteroatoms. The molecule has 1 unspecified atom stereocenters. The van der Waals surface area contributed by atoms with Gasteiger partial charge in [0, 0.05) is 21.8 Å². The van der Waals surface area contributed by atoms with E-state index in [1.54, 1.807) is 11.8 Å². The van der Waals surface area contributed by atoms with Gasteiger partial charge < -0.3 is 10.3 Å². The Kier molecular flexibility index (Phi) is 6.26. The van der Waals surface area contributed by atoms with E-state index in [2.05, 4.69) is 52.1 Å². The minimum Gasteiger partial charge on any atom is -0.339 e. The summed E-state index contributed by atoms with van der Waals surface area (Å²) in [5, 5.41) is 4.01. The molecule has 1 heterocycles. The summed E-state index contributed by atoms with van der Waals surface area (Å²) in [7, 11) is 0. The largest absolute Gasteiger partial charge is 0.339 e. The summed E-state index contributed by atoms with van der Waals surface area (Å²) in [6.07, 6.45) is 1.61. The molecular formula is C15H20BrN3OS. The highest BCUT2D eigenvalue weighted by Crippen LogP contribution is 2.23. The summed E-state index contributed by atoms with van der Waals surface area (Å²) in [5.41, 5.74) is 6.06. The minimum absolute atomic E-state index is 0.0810. The van der Waals surface area contributed by atoms with Crippen molar-refractivity contribution in [1.82, 2.24) is 10.1 Å². The van der Waals surface area contributed by atoms with Gasteiger partial charge in [0.2, 0.25) is 5.89 Å². The molecular weight excluding hydrogens is 350 g/mol. The summed E-state index contributed by atoms with van der Waals surface area (Å²) in [4.78, 5) is 5.58. The summed E-state index contributed by atoms with van der Waals surface area (Å²) in [6, 6.07) is 8.25. The van der Waals surface area contributed by atoms with Crippen molar-refractivity contribution in [2.45, 2.75) is 43.4 Å². The number of nitrogens with two attached hydrogens (primary N) is 1. The number of thioether (sulfide) groups is 1. The van der Waals surface area contributed by atoms with Crippen molar-refractivity contribution in [2.24, 2.45) is 11.7 Å². The lowest BCUT2D eigenvalue weighted by atomic mass is 10.0. The van der Waals surface area contributed by atoms with Crippen molar-refractivity contribution >= 4 is 27.7 Å². The van der Waals surface area contributed by atoms with Gasteiger partial charge in [-0.25, -0.2) is 0 Å². The first kappa shape index (κ1) is 16.5. The second-order valence-electron chi connectivity index (χ2n) is 5.44. The molecule has 0 amide bonds. The lowest BCUT2D eigenvalue weighted by Crippen LogP contribution is -2.24. The van der Waals surface area contributed by atoms with E-state index in [0.29, 0.717) is 24.0 Å². The number of benzene rings is 1. The molecule has 1 aromatic heterocycles. The first-order chi connectivity index (χ1) is 10.0. The van der Waals surface area contributed by atoms with Gasteiger partial charge in [-0.15, -0.1) is 11.8 Å². The normalized spacial score (nSPS) is 12.8. The van der Waals surface area contributed by atoms with Crippen molar-refractivity contribution in [3.05, 3.63) is 40.5 Å². The van der Waals surface area contributed by atoms with E-state index < -0.39 is 0 Å². The Hall–Kier alpha value is -0.850. The highest BCUT2D eigenvalue weighted by molar-refractivity contribution is 9.10. The molecule has 2 N–H and O–H groups in total. The number of hydrogen-bond donors (Lipinski definition) is 1. The van der Waals surface area contributed by atoms with Crippen LogP contribution >= 0.6 is 27.7 Å². The summed E-state index contributed by atoms with van der Waals surface area (Å²) in [6.45, 7) is 4.32. The zero-order valence-corrected chi connectivity index (χ0v) is 14.7. The van der Waals surface area contributed by atoms with Crippen molar-refractivity contribution in [1.29, 1.82) is 0 Å². The highest BCUT2D eigenvalue weighted by atomic mass is 79.9. The fourth-order valence-electron chi connectivity index (χ4n) is 2.02. The molecule has 0 saturated heterocycles. The number of hydrogen-bond acceptors (Lipinski definition) is 5. The van der Waals surface area contributed by atoms with Crippen LogP contribution in [0.1, 0.15) is 32.0 Å². The number of halogens is 1. The van der Waals surface area contributed by atoms with Crippen molar-refractivity contribution in [3.63, 3.8) is 0 Å². The number of aromatic nitrogens is 2. The standard InChI is InChI=1S/C15H20BrN3OS/c1-10(2)7-12(17)8-15-18-14(19-20-15)9-21-13-5-3-11(16)4-6-13/h3-6,10,12H,7-9,17H2,1-2H3. The second-order valence-corrected chi connectivity index (χ2v) is 7.41. The SMILES string of the molecule is CC(C)CC(N)Cc1nc(CSc2ccc(Br)cc2)no1. The van der Waals surface area contributed by atoms with Crippen LogP contribution in [0.15, 0.2) is 38.2 Å². The quantitative estimate of drug-likeness (QED) is 0.745. The molecule has 4 nitrogen and oxygen atoms in total. The van der Waals surface area contributed by atoms with Crippen LogP contribution in [0, 0.1) is 5.92 Å². The number of nitrogens with zero attached hydrogens (tertiary/aromatic N) is 2. The molecule has 0 bridgehead atoms. The third kappa shape index (κ3) is 5.80. The minimum atomic E-state index is 0.0810. The van der Waals surface area contributed by atoms with Crippen LogP contribution < -0.4 is 5.73 Å². The lowest BCUT2D eigenvalue weighted by Gasteiger charge is -2.10. The predicted octanol–water partition coefficient (Wildman–Crippen LogP) is 4.04. The summed E-state index contributed by atoms with van der Waals surface area (Å²) in [5.74, 6) is 2.63. The Morgan fingerprint density at radius 3 is 2.67 bits per heavy atom. The summed E-state index contributed by atoms with van der Waals surface area (Å²) < 4.78 is 6.34. The van der Waals surface area contributed by atoms with Crippen LogP contribution in [0.2, 0.25) is 0 Å². The lowest BCUT2D eigenvalue weighted by molar-refractivity contribution is 0.356. The molecule has 0 saturated carbocycles. The van der Waals surface area contributed by atoms with Crippen LogP contribution in [-0.2, 0) is 12.2 Å². The van der Waals surface area contributed by atoms with Crippen LogP contribution in [0.5, 0.6) is 0 Å². The number of rotatable bonds is 7. The monoisotopic (exact) mass is 369 g/mol. The molecule has 0 aliphatic carbocycles. The Labute approximate surface area is 138 Å². The fourth-order valence-corrected chi connectivity index (χ4v) is 3.03. The Bertz CT molecular complexity index is 556. The Balaban J connectivity index is 1.84. The summed E-state index contributed by atoms with van der Waals surface area (Å²) >= 11 is 5.11. The molecule has 0 aliphatic heterocycles. The van der Waals surface area contributed by atoms with E-state index >= 15 is 0 Å². The smallest absolute Gasteiger partial charge is 0.228 e. The molecule has 114 valence electrons. The topological polar surface area (TPSA) is 64.9 Å². The van der Waals surface area contributed by atoms with E-state index in [1.807, 2.05) is 12.1 Å². The van der Waals surface area contributed by atoms with Crippen LogP contribution in [0.4, 0.5) is 0 Å². The second kappa shape index (κ2) is 7.96. The van der Waals surface area contributed by atoms with Gasteiger partial charge in [0.25, 0.3) is 0 Å². The van der Waals surface area contributed by atoms with E-state index in [-0.39, 0.29) is 6.04 Å². The maximum Gasteiger partial charge on any atom is 0.228 e. The van der Waals surface area contributed by atoms with E-state index in [4.69, 9.17) is 10.3 Å². The Morgan fingerprint density at radius 1 is 1.29 bits per heavy atom. The maximum atomic E-state index is 6.06. The molecule has 2 aromatic rings. The van der Waals surface area contributed by atoms with Crippen molar-refractivity contribution in [2.75, 3.05) is 0 Å². The van der Waals surface area contributed by atoms with Gasteiger partial charge in [-0.1, -0.05) is 34.9 Å². The predicted molar refractivity (Wildman–Crippen MR) is 89.1 cm³/mol. The Morgan fingerprint density at radius 2 is 2.00 bits per heavy atom. The van der Waals surface area contributed by atoms with Crippen LogP contribution in [0.3, 0.4) is 0 Å². The average molecular weight is 370 g/mol. The highest BCUT2D eigenvalue weighted by Gasteiger charge is 2.12. The van der Waals surface area contributed by atoms with E-state index in [0.717, 1.165) is 16.7 Å². The van der Waals surface area contributed by atoms with Gasteiger partial charge in [-0.3, -0.25) is 0 Å². The van der Waals surface area contributed by atoms with Crippen molar-refractivity contribution in [3.8, 4) is 0 Å². The zero-order valence-electron chi connectivity index (χ0n) is 12.3. The molecule has 2 rings (SSSR count). The van der Waals surface area contributed by atoms with Crippen molar-refractivity contribution < 1.29 is 4.52 Å². The van der Waals surface area contributed by atoms with E-state index in [1.165, 1.54) is 4.90 Å². The molecule has 0 spiro atoms. The van der Waals surface area contributed by atoms with Gasteiger partial charge in [0.15, 0.2) is 5.82 Å². The van der Waals surface area contributed by atoms with Gasteiger partial charge in [-0.05, 0) is 36.6 Å². The van der Waals surface area contributed by atoms with Gasteiger partial charge in [0.05, 0.1) is 5.75 Å². The van der Waals surface area contributed by atoms with Gasteiger partial charge >= 0.3 is 0 Å². The first-order valence-electron chi connectivity index (χ1n) is 6.98. The first-order valence-corrected chi connectivity index (χ1v) is 8.76. The molecule has 0 fully saturated rings. The molecule has 21 heavy (non-hydrogen) atoms. The van der Waals surface area contributed by atoms with E-state index in [9.17, 15) is 0 Å². The zero-order chi connectivity index (χ0) is 15.2. The van der Waals surface area contributed by atoms with Gasteiger partial charge in [-0.2, -0.15) is 4.98 Å². The van der Waals surface area contributed by atoms with Crippen LogP contribution in [-0.4, -0.2) is 16.2 Å². The molecule has 0 radical (unpaired) electrons. The average Bonchev–Trinajstić information content (AvgIpc) is 2.84. The third-order valence-corrected chi connectivity index (χ3v) is 4.44. The molecule has 1 atom stereocenters. The fraction of sp³-hybridized carbons (Fsp3) is 0.467. The van der Waals surface area contributed by atoms with Gasteiger partial charge in [0.1, 0.15) is 0 Å². The maximum absolute atomic E-state index is 6.06. The molecule has 1 aromatic carbocycles. The molecule has 0 aliphatic rings.